The van der Waals surface area contributed by atoms with Crippen LogP contribution < -0.4 is 9.47 Å². The molecule has 11 heteroatoms. The number of ether oxygens (including phenoxy) is 4. The lowest BCUT2D eigenvalue weighted by Gasteiger charge is -2.33. The lowest BCUT2D eigenvalue weighted by molar-refractivity contribution is -0.347. The van der Waals surface area contributed by atoms with Crippen LogP contribution in [0.4, 0.5) is 30.7 Å². The van der Waals surface area contributed by atoms with E-state index in [4.69, 9.17) is 9.47 Å². The normalized spacial score (nSPS) is 18.7. The number of alkyl halides is 4. The van der Waals surface area contributed by atoms with Gasteiger partial charge < -0.3 is 18.9 Å². The van der Waals surface area contributed by atoms with Crippen LogP contribution in [-0.2, 0) is 15.6 Å². The Hall–Kier alpha value is -3.31. The van der Waals surface area contributed by atoms with Gasteiger partial charge in [-0.3, -0.25) is 0 Å². The summed E-state index contributed by atoms with van der Waals surface area (Å²) < 4.78 is 117. The monoisotopic (exact) mass is 516 g/mol. The van der Waals surface area contributed by atoms with Crippen LogP contribution in [0, 0.1) is 24.4 Å². The number of benzene rings is 3. The first-order valence-corrected chi connectivity index (χ1v) is 10.6. The molecule has 1 saturated heterocycles. The second-order valence-electron chi connectivity index (χ2n) is 8.11. The van der Waals surface area contributed by atoms with Gasteiger partial charge in [0.05, 0.1) is 18.8 Å². The van der Waals surface area contributed by atoms with Crippen molar-refractivity contribution in [1.82, 2.24) is 0 Å². The molecule has 0 bridgehead atoms. The molecule has 0 saturated carbocycles. The van der Waals surface area contributed by atoms with Crippen LogP contribution in [0.1, 0.15) is 22.6 Å². The van der Waals surface area contributed by atoms with Crippen molar-refractivity contribution in [2.24, 2.45) is 0 Å². The van der Waals surface area contributed by atoms with Gasteiger partial charge in [-0.25, -0.2) is 13.2 Å². The van der Waals surface area contributed by atoms with E-state index in [0.29, 0.717) is 0 Å². The van der Waals surface area contributed by atoms with Crippen molar-refractivity contribution in [1.29, 1.82) is 0 Å². The van der Waals surface area contributed by atoms with Gasteiger partial charge in [-0.15, -0.1) is 0 Å². The Morgan fingerprint density at radius 2 is 1.31 bits per heavy atom. The molecule has 0 amide bonds. The summed E-state index contributed by atoms with van der Waals surface area (Å²) in [5.41, 5.74) is 1.07. The zero-order valence-corrected chi connectivity index (χ0v) is 18.6. The van der Waals surface area contributed by atoms with Gasteiger partial charge >= 0.3 is 12.2 Å². The van der Waals surface area contributed by atoms with Gasteiger partial charge in [0.25, 0.3) is 6.29 Å². The maximum Gasteiger partial charge on any atom is 0.451 e. The number of hydrogen-bond acceptors (Lipinski definition) is 4. The number of hydrogen-bond donors (Lipinski definition) is 0. The average Bonchev–Trinajstić information content (AvgIpc) is 2.83. The predicted octanol–water partition coefficient (Wildman–Crippen LogP) is 6.67. The second-order valence-corrected chi connectivity index (χ2v) is 8.11. The highest BCUT2D eigenvalue weighted by atomic mass is 19.3. The topological polar surface area (TPSA) is 36.9 Å². The highest BCUT2D eigenvalue weighted by Gasteiger charge is 2.47. The first kappa shape index (κ1) is 25.8. The number of halogens is 7. The Balaban J connectivity index is 1.37. The molecule has 1 fully saturated rings. The van der Waals surface area contributed by atoms with Crippen LogP contribution in [0.3, 0.4) is 0 Å². The molecular weight excluding hydrogens is 497 g/mol. The van der Waals surface area contributed by atoms with Crippen LogP contribution in [-0.4, -0.2) is 25.6 Å². The molecule has 3 aromatic carbocycles. The fourth-order valence-electron chi connectivity index (χ4n) is 3.45. The lowest BCUT2D eigenvalue weighted by atomic mass is 9.99. The quantitative estimate of drug-likeness (QED) is 0.260. The minimum absolute atomic E-state index is 0.0419. The van der Waals surface area contributed by atoms with E-state index in [0.717, 1.165) is 35.4 Å². The van der Waals surface area contributed by atoms with Crippen molar-refractivity contribution in [3.8, 4) is 11.5 Å². The summed E-state index contributed by atoms with van der Waals surface area (Å²) in [6.45, 7) is 1.83. The van der Waals surface area contributed by atoms with E-state index in [-0.39, 0.29) is 31.3 Å². The summed E-state index contributed by atoms with van der Waals surface area (Å²) in [7, 11) is 0. The van der Waals surface area contributed by atoms with E-state index < -0.39 is 53.0 Å². The zero-order valence-electron chi connectivity index (χ0n) is 18.6. The fourth-order valence-corrected chi connectivity index (χ4v) is 3.45. The van der Waals surface area contributed by atoms with Crippen LogP contribution in [0.15, 0.2) is 60.7 Å². The lowest BCUT2D eigenvalue weighted by Crippen LogP contribution is -2.47. The van der Waals surface area contributed by atoms with Gasteiger partial charge in [-0.05, 0) is 36.8 Å². The molecule has 0 radical (unpaired) electrons. The summed E-state index contributed by atoms with van der Waals surface area (Å²) in [5, 5.41) is 0. The smallest absolute Gasteiger partial charge is 0.429 e. The summed E-state index contributed by atoms with van der Waals surface area (Å²) in [6, 6.07) is 11.1. The van der Waals surface area contributed by atoms with Crippen molar-refractivity contribution in [2.75, 3.05) is 13.2 Å². The van der Waals surface area contributed by atoms with Crippen molar-refractivity contribution < 1.29 is 49.7 Å². The standard InChI is InChI=1S/C25H19F7O4/c1-14-2-4-15(5-3-14)16-12-33-23(34-13-16)25(31,32)35-18-8-6-17(7-9-18)24(29,30)36-19-10-20(26)22(28)21(27)11-19/h2-11,16,23H,12-13H2,1H3. The molecule has 192 valence electrons. The fraction of sp³-hybridized carbons (Fsp3) is 0.280. The third-order valence-corrected chi connectivity index (χ3v) is 5.37. The van der Waals surface area contributed by atoms with Crippen LogP contribution >= 0.6 is 0 Å². The van der Waals surface area contributed by atoms with Gasteiger partial charge in [-0.1, -0.05) is 29.8 Å². The van der Waals surface area contributed by atoms with Gasteiger partial charge in [0.15, 0.2) is 17.5 Å². The van der Waals surface area contributed by atoms with E-state index in [1.807, 2.05) is 31.2 Å². The van der Waals surface area contributed by atoms with Gasteiger partial charge in [0.1, 0.15) is 11.5 Å². The molecule has 0 unspecified atom stereocenters. The van der Waals surface area contributed by atoms with Gasteiger partial charge in [-0.2, -0.15) is 17.6 Å². The zero-order chi connectivity index (χ0) is 26.1. The molecule has 0 spiro atoms. The van der Waals surface area contributed by atoms with E-state index in [1.54, 1.807) is 0 Å². The molecule has 3 aromatic rings. The maximum absolute atomic E-state index is 14.6. The third-order valence-electron chi connectivity index (χ3n) is 5.37. The molecule has 4 nitrogen and oxygen atoms in total. The van der Waals surface area contributed by atoms with Gasteiger partial charge in [0.2, 0.25) is 0 Å². The molecule has 4 rings (SSSR count). The summed E-state index contributed by atoms with van der Waals surface area (Å²) >= 11 is 0. The Labute approximate surface area is 201 Å². The summed E-state index contributed by atoms with van der Waals surface area (Å²) in [6.07, 6.45) is -10.1. The largest absolute Gasteiger partial charge is 0.451 e. The maximum atomic E-state index is 14.6. The van der Waals surface area contributed by atoms with E-state index in [2.05, 4.69) is 9.47 Å². The van der Waals surface area contributed by atoms with Crippen molar-refractivity contribution in [3.63, 3.8) is 0 Å². The molecular formula is C25H19F7O4. The van der Waals surface area contributed by atoms with Crippen molar-refractivity contribution in [2.45, 2.75) is 31.3 Å². The first-order valence-electron chi connectivity index (χ1n) is 10.6. The van der Waals surface area contributed by atoms with Gasteiger partial charge in [0, 0.05) is 18.1 Å². The molecule has 1 heterocycles. The average molecular weight is 516 g/mol. The molecule has 0 aromatic heterocycles. The molecule has 0 N–H and O–H groups in total. The molecule has 36 heavy (non-hydrogen) atoms. The predicted molar refractivity (Wildman–Crippen MR) is 112 cm³/mol. The second kappa shape index (κ2) is 9.98. The van der Waals surface area contributed by atoms with E-state index >= 15 is 0 Å². The first-order chi connectivity index (χ1) is 16.9. The highest BCUT2D eigenvalue weighted by Crippen LogP contribution is 2.36. The van der Waals surface area contributed by atoms with Crippen LogP contribution in [0.2, 0.25) is 0 Å². The Morgan fingerprint density at radius 3 is 1.86 bits per heavy atom. The Morgan fingerprint density at radius 1 is 0.750 bits per heavy atom. The van der Waals surface area contributed by atoms with Crippen molar-refractivity contribution in [3.05, 3.63) is 94.8 Å². The third kappa shape index (κ3) is 5.73. The Bertz CT molecular complexity index is 1170. The van der Waals surface area contributed by atoms with Crippen LogP contribution in [0.25, 0.3) is 0 Å². The van der Waals surface area contributed by atoms with Crippen LogP contribution in [0.5, 0.6) is 11.5 Å². The number of aryl methyl sites for hydroxylation is 1. The summed E-state index contributed by atoms with van der Waals surface area (Å²) in [5.74, 6) is -6.98. The number of rotatable bonds is 7. The van der Waals surface area contributed by atoms with E-state index in [1.165, 1.54) is 0 Å². The molecule has 1 aliphatic heterocycles. The molecule has 0 atom stereocenters. The molecule has 1 aliphatic rings. The Kier molecular flexibility index (Phi) is 7.14. The van der Waals surface area contributed by atoms with Crippen molar-refractivity contribution >= 4 is 0 Å². The van der Waals surface area contributed by atoms with E-state index in [9.17, 15) is 30.7 Å². The minimum atomic E-state index is -4.13. The molecule has 0 aliphatic carbocycles. The summed E-state index contributed by atoms with van der Waals surface area (Å²) in [4.78, 5) is 0. The minimum Gasteiger partial charge on any atom is -0.429 e. The SMILES string of the molecule is Cc1ccc(C2COC(C(F)(F)Oc3ccc(C(F)(F)Oc4cc(F)c(F)c(F)c4)cc3)OC2)cc1. The highest BCUT2D eigenvalue weighted by molar-refractivity contribution is 5.31.